The average Bonchev–Trinajstić information content (AvgIpc) is 2.66. The van der Waals surface area contributed by atoms with Crippen LogP contribution in [0.15, 0.2) is 30.3 Å². The Morgan fingerprint density at radius 3 is 2.73 bits per heavy atom. The number of Topliss-reactive ketones (excluding diaryl/α,β-unsaturated/α-hetero) is 1. The molecule has 1 saturated heterocycles. The maximum absolute atomic E-state index is 11.9. The Balaban J connectivity index is 1.98. The van der Waals surface area contributed by atoms with Crippen molar-refractivity contribution in [2.24, 2.45) is 0 Å². The van der Waals surface area contributed by atoms with E-state index in [0.717, 1.165) is 18.5 Å². The van der Waals surface area contributed by atoms with Gasteiger partial charge in [0, 0.05) is 18.0 Å². The van der Waals surface area contributed by atoms with E-state index in [-0.39, 0.29) is 5.78 Å². The number of hydrogen-bond acceptors (Lipinski definition) is 2. The van der Waals surface area contributed by atoms with Crippen molar-refractivity contribution in [2.45, 2.75) is 25.3 Å². The molecule has 1 aliphatic heterocycles. The summed E-state index contributed by atoms with van der Waals surface area (Å²) in [7, 11) is 2.11. The van der Waals surface area contributed by atoms with Crippen molar-refractivity contribution < 1.29 is 4.79 Å². The first-order valence-corrected chi connectivity index (χ1v) is 5.56. The number of likely N-dealkylation sites (tertiary alicyclic amines) is 1. The molecule has 0 amide bonds. The second-order valence-electron chi connectivity index (χ2n) is 4.27. The van der Waals surface area contributed by atoms with Gasteiger partial charge in [-0.05, 0) is 26.4 Å². The number of hydrogen-bond donors (Lipinski definition) is 0. The molecule has 0 N–H and O–H groups in total. The lowest BCUT2D eigenvalue weighted by atomic mass is 10.0. The summed E-state index contributed by atoms with van der Waals surface area (Å²) in [6.45, 7) is 1.13. The van der Waals surface area contributed by atoms with E-state index in [1.807, 2.05) is 30.3 Å². The van der Waals surface area contributed by atoms with Gasteiger partial charge in [-0.3, -0.25) is 4.79 Å². The molecule has 2 rings (SSSR count). The normalized spacial score (nSPS) is 21.8. The SMILES string of the molecule is CN1CCCC1CC(=O)c1ccccc1. The number of carbonyl (C=O) groups excluding carboxylic acids is 1. The van der Waals surface area contributed by atoms with E-state index >= 15 is 0 Å². The van der Waals surface area contributed by atoms with Crippen molar-refractivity contribution in [3.05, 3.63) is 35.9 Å². The Morgan fingerprint density at radius 2 is 2.13 bits per heavy atom. The zero-order valence-electron chi connectivity index (χ0n) is 9.15. The van der Waals surface area contributed by atoms with Crippen LogP contribution in [0.1, 0.15) is 29.6 Å². The number of nitrogens with zero attached hydrogens (tertiary/aromatic N) is 1. The van der Waals surface area contributed by atoms with Gasteiger partial charge in [0.15, 0.2) is 5.78 Å². The van der Waals surface area contributed by atoms with E-state index in [4.69, 9.17) is 0 Å². The van der Waals surface area contributed by atoms with Gasteiger partial charge in [0.05, 0.1) is 0 Å². The van der Waals surface area contributed by atoms with E-state index in [0.29, 0.717) is 12.5 Å². The highest BCUT2D eigenvalue weighted by atomic mass is 16.1. The van der Waals surface area contributed by atoms with Crippen LogP contribution in [0.25, 0.3) is 0 Å². The Kier molecular flexibility index (Phi) is 3.17. The second-order valence-corrected chi connectivity index (χ2v) is 4.27. The fourth-order valence-corrected chi connectivity index (χ4v) is 2.19. The van der Waals surface area contributed by atoms with Crippen LogP contribution in [0.5, 0.6) is 0 Å². The van der Waals surface area contributed by atoms with Crippen LogP contribution in [0.4, 0.5) is 0 Å². The third kappa shape index (κ3) is 2.45. The Hall–Kier alpha value is -1.15. The quantitative estimate of drug-likeness (QED) is 0.703. The Bertz CT molecular complexity index is 334. The van der Waals surface area contributed by atoms with Gasteiger partial charge in [-0.2, -0.15) is 0 Å². The highest BCUT2D eigenvalue weighted by molar-refractivity contribution is 5.96. The summed E-state index contributed by atoms with van der Waals surface area (Å²) in [4.78, 5) is 14.2. The van der Waals surface area contributed by atoms with E-state index in [9.17, 15) is 4.79 Å². The smallest absolute Gasteiger partial charge is 0.164 e. The first kappa shape index (κ1) is 10.4. The first-order valence-electron chi connectivity index (χ1n) is 5.56. The molecule has 1 fully saturated rings. The molecule has 1 aliphatic rings. The van der Waals surface area contributed by atoms with Crippen LogP contribution in [0.3, 0.4) is 0 Å². The summed E-state index contributed by atoms with van der Waals surface area (Å²) >= 11 is 0. The minimum atomic E-state index is 0.273. The lowest BCUT2D eigenvalue weighted by Gasteiger charge is -2.18. The molecule has 0 saturated carbocycles. The van der Waals surface area contributed by atoms with Gasteiger partial charge in [0.2, 0.25) is 0 Å². The summed E-state index contributed by atoms with van der Waals surface area (Å²) in [5.74, 6) is 0.273. The topological polar surface area (TPSA) is 20.3 Å². The number of ketones is 1. The molecule has 0 aliphatic carbocycles. The maximum atomic E-state index is 11.9. The Morgan fingerprint density at radius 1 is 1.40 bits per heavy atom. The maximum Gasteiger partial charge on any atom is 0.164 e. The molecule has 0 radical (unpaired) electrons. The molecule has 2 nitrogen and oxygen atoms in total. The van der Waals surface area contributed by atoms with E-state index in [2.05, 4.69) is 11.9 Å². The van der Waals surface area contributed by atoms with Crippen LogP contribution in [0.2, 0.25) is 0 Å². The molecule has 0 spiro atoms. The first-order chi connectivity index (χ1) is 7.27. The molecule has 1 unspecified atom stereocenters. The monoisotopic (exact) mass is 203 g/mol. The van der Waals surface area contributed by atoms with Crippen LogP contribution >= 0.6 is 0 Å². The summed E-state index contributed by atoms with van der Waals surface area (Å²) in [6.07, 6.45) is 3.05. The molecular formula is C13H17NO. The third-order valence-corrected chi connectivity index (χ3v) is 3.19. The summed E-state index contributed by atoms with van der Waals surface area (Å²) in [5, 5.41) is 0. The molecule has 0 bridgehead atoms. The lowest BCUT2D eigenvalue weighted by molar-refractivity contribution is 0.0950. The predicted octanol–water partition coefficient (Wildman–Crippen LogP) is 2.35. The van der Waals surface area contributed by atoms with Gasteiger partial charge in [-0.25, -0.2) is 0 Å². The van der Waals surface area contributed by atoms with Gasteiger partial charge < -0.3 is 4.90 Å². The molecule has 1 heterocycles. The number of benzene rings is 1. The Labute approximate surface area is 90.9 Å². The van der Waals surface area contributed by atoms with Crippen LogP contribution in [-0.2, 0) is 0 Å². The van der Waals surface area contributed by atoms with Crippen molar-refractivity contribution in [1.82, 2.24) is 4.90 Å². The molecule has 0 aromatic heterocycles. The zero-order valence-corrected chi connectivity index (χ0v) is 9.15. The molecule has 15 heavy (non-hydrogen) atoms. The number of carbonyl (C=O) groups is 1. The molecule has 80 valence electrons. The lowest BCUT2D eigenvalue weighted by Crippen LogP contribution is -2.27. The second kappa shape index (κ2) is 4.58. The van der Waals surface area contributed by atoms with Crippen molar-refractivity contribution in [3.63, 3.8) is 0 Å². The molecule has 1 aromatic carbocycles. The van der Waals surface area contributed by atoms with Crippen LogP contribution in [0, 0.1) is 0 Å². The summed E-state index contributed by atoms with van der Waals surface area (Å²) < 4.78 is 0. The minimum Gasteiger partial charge on any atom is -0.303 e. The predicted molar refractivity (Wildman–Crippen MR) is 61.0 cm³/mol. The summed E-state index contributed by atoms with van der Waals surface area (Å²) in [6, 6.07) is 10.0. The van der Waals surface area contributed by atoms with Gasteiger partial charge in [-0.15, -0.1) is 0 Å². The van der Waals surface area contributed by atoms with E-state index in [1.54, 1.807) is 0 Å². The van der Waals surface area contributed by atoms with E-state index < -0.39 is 0 Å². The molecular weight excluding hydrogens is 186 g/mol. The van der Waals surface area contributed by atoms with Crippen LogP contribution in [-0.4, -0.2) is 30.3 Å². The van der Waals surface area contributed by atoms with Crippen molar-refractivity contribution in [2.75, 3.05) is 13.6 Å². The fourth-order valence-electron chi connectivity index (χ4n) is 2.19. The highest BCUT2D eigenvalue weighted by Gasteiger charge is 2.23. The van der Waals surface area contributed by atoms with E-state index in [1.165, 1.54) is 6.42 Å². The van der Waals surface area contributed by atoms with Gasteiger partial charge in [0.25, 0.3) is 0 Å². The highest BCUT2D eigenvalue weighted by Crippen LogP contribution is 2.19. The largest absolute Gasteiger partial charge is 0.303 e. The van der Waals surface area contributed by atoms with Crippen LogP contribution < -0.4 is 0 Å². The third-order valence-electron chi connectivity index (χ3n) is 3.19. The molecule has 1 atom stereocenters. The minimum absolute atomic E-state index is 0.273. The number of rotatable bonds is 3. The van der Waals surface area contributed by atoms with Gasteiger partial charge >= 0.3 is 0 Å². The van der Waals surface area contributed by atoms with Crippen molar-refractivity contribution in [1.29, 1.82) is 0 Å². The van der Waals surface area contributed by atoms with Gasteiger partial charge in [-0.1, -0.05) is 30.3 Å². The van der Waals surface area contributed by atoms with Gasteiger partial charge in [0.1, 0.15) is 0 Å². The zero-order chi connectivity index (χ0) is 10.7. The van der Waals surface area contributed by atoms with Crippen molar-refractivity contribution >= 4 is 5.78 Å². The van der Waals surface area contributed by atoms with Crippen molar-refractivity contribution in [3.8, 4) is 0 Å². The molecule has 2 heteroatoms. The fraction of sp³-hybridized carbons (Fsp3) is 0.462. The standard InChI is InChI=1S/C13H17NO/c1-14-9-5-8-12(14)10-13(15)11-6-3-2-4-7-11/h2-4,6-7,12H,5,8-10H2,1H3. The molecule has 1 aromatic rings. The summed E-state index contributed by atoms with van der Waals surface area (Å²) in [5.41, 5.74) is 0.845. The average molecular weight is 203 g/mol.